The lowest BCUT2D eigenvalue weighted by molar-refractivity contribution is 0.0519. The van der Waals surface area contributed by atoms with E-state index < -0.39 is 5.97 Å². The van der Waals surface area contributed by atoms with Crippen LogP contribution in [-0.2, 0) is 11.3 Å². The Labute approximate surface area is 341 Å². The van der Waals surface area contributed by atoms with Crippen LogP contribution in [0.5, 0.6) is 11.8 Å². The molecule has 0 amide bonds. The molecule has 17 heteroatoms. The molecule has 2 aliphatic heterocycles. The van der Waals surface area contributed by atoms with Crippen molar-refractivity contribution in [3.8, 4) is 34.3 Å². The molecule has 2 aromatic carbocycles. The highest BCUT2D eigenvalue weighted by atomic mass is 35.5. The van der Waals surface area contributed by atoms with Gasteiger partial charge in [-0.3, -0.25) is 0 Å². The Kier molecular flexibility index (Phi) is 13.9. The first-order chi connectivity index (χ1) is 26.1. The van der Waals surface area contributed by atoms with Gasteiger partial charge in [-0.15, -0.1) is 0 Å². The topological polar surface area (TPSA) is 175 Å². The van der Waals surface area contributed by atoms with E-state index in [1.807, 2.05) is 18.7 Å². The van der Waals surface area contributed by atoms with E-state index in [2.05, 4.69) is 24.8 Å². The van der Waals surface area contributed by atoms with Crippen molar-refractivity contribution < 1.29 is 24.1 Å². The first-order valence-corrected chi connectivity index (χ1v) is 19.3. The Morgan fingerprint density at radius 3 is 1.62 bits per heavy atom. The third-order valence-electron chi connectivity index (χ3n) is 9.59. The molecule has 0 atom stereocenters. The lowest BCUT2D eigenvalue weighted by atomic mass is 9.91. The molecule has 0 spiro atoms. The van der Waals surface area contributed by atoms with Crippen molar-refractivity contribution in [2.75, 3.05) is 56.8 Å². The minimum absolute atomic E-state index is 0.110. The molecule has 0 saturated carbocycles. The molecule has 0 unspecified atom stereocenters. The molecule has 6 rings (SSSR count). The summed E-state index contributed by atoms with van der Waals surface area (Å²) in [4.78, 5) is 35.2. The van der Waals surface area contributed by atoms with Gasteiger partial charge in [-0.2, -0.15) is 9.97 Å². The van der Waals surface area contributed by atoms with E-state index in [0.717, 1.165) is 38.8 Å². The molecule has 0 aliphatic carbocycles. The number of esters is 1. The molecule has 296 valence electrons. The summed E-state index contributed by atoms with van der Waals surface area (Å²) in [5.74, 6) is 1.05. The van der Waals surface area contributed by atoms with Gasteiger partial charge >= 0.3 is 5.97 Å². The second kappa shape index (κ2) is 18.1. The summed E-state index contributed by atoms with van der Waals surface area (Å²) in [6, 6.07) is 10.4. The summed E-state index contributed by atoms with van der Waals surface area (Å²) in [6.07, 6.45) is 3.20. The lowest BCUT2D eigenvalue weighted by Gasteiger charge is -2.37. The van der Waals surface area contributed by atoms with Crippen LogP contribution in [0.2, 0.25) is 20.1 Å². The van der Waals surface area contributed by atoms with Gasteiger partial charge in [-0.1, -0.05) is 70.7 Å². The highest BCUT2D eigenvalue weighted by Crippen LogP contribution is 2.40. The number of carbonyl (C=O) groups excluding carboxylic acids is 1. The number of aliphatic hydroxyl groups is 1. The molecule has 2 fully saturated rings. The van der Waals surface area contributed by atoms with Crippen molar-refractivity contribution in [3.05, 3.63) is 67.9 Å². The van der Waals surface area contributed by atoms with Crippen molar-refractivity contribution in [3.63, 3.8) is 0 Å². The molecule has 13 nitrogen and oxygen atoms in total. The van der Waals surface area contributed by atoms with E-state index >= 15 is 0 Å². The number of hydrogen-bond donors (Lipinski definition) is 3. The maximum Gasteiger partial charge on any atom is 0.360 e. The van der Waals surface area contributed by atoms with E-state index in [-0.39, 0.29) is 35.9 Å². The molecular formula is C38H46Cl4N8O5. The summed E-state index contributed by atoms with van der Waals surface area (Å²) in [7, 11) is 3.02. The predicted molar refractivity (Wildman–Crippen MR) is 218 cm³/mol. The minimum atomic E-state index is -0.557. The Balaban J connectivity index is 0.000000212. The molecular weight excluding hydrogens is 790 g/mol. The van der Waals surface area contributed by atoms with Gasteiger partial charge < -0.3 is 40.6 Å². The first kappa shape index (κ1) is 42.5. The van der Waals surface area contributed by atoms with Gasteiger partial charge in [0.25, 0.3) is 0 Å². The van der Waals surface area contributed by atoms with Crippen LogP contribution in [-0.4, -0.2) is 89.1 Å². The molecule has 4 aromatic rings. The fourth-order valence-electron chi connectivity index (χ4n) is 6.24. The van der Waals surface area contributed by atoms with Crippen molar-refractivity contribution in [1.29, 1.82) is 0 Å². The summed E-state index contributed by atoms with van der Waals surface area (Å²) >= 11 is 25.0. The third-order valence-corrected chi connectivity index (χ3v) is 11.2. The zero-order valence-electron chi connectivity index (χ0n) is 31.5. The average Bonchev–Trinajstić information content (AvgIpc) is 3.16. The molecule has 4 heterocycles. The van der Waals surface area contributed by atoms with Crippen LogP contribution in [0.25, 0.3) is 22.5 Å². The highest BCUT2D eigenvalue weighted by molar-refractivity contribution is 6.44. The van der Waals surface area contributed by atoms with Crippen LogP contribution in [0.3, 0.4) is 0 Å². The van der Waals surface area contributed by atoms with Gasteiger partial charge in [0.15, 0.2) is 17.3 Å². The van der Waals surface area contributed by atoms with E-state index in [0.29, 0.717) is 78.9 Å². The zero-order valence-corrected chi connectivity index (χ0v) is 34.5. The van der Waals surface area contributed by atoms with Gasteiger partial charge in [-0.05, 0) is 58.6 Å². The summed E-state index contributed by atoms with van der Waals surface area (Å²) in [5, 5.41) is 11.3. The Hall–Kier alpha value is -3.69. The Morgan fingerprint density at radius 1 is 0.745 bits per heavy atom. The predicted octanol–water partition coefficient (Wildman–Crippen LogP) is 7.22. The number of methoxy groups -OCH3 is 2. The summed E-state index contributed by atoms with van der Waals surface area (Å²) < 4.78 is 16.2. The van der Waals surface area contributed by atoms with E-state index in [9.17, 15) is 9.90 Å². The van der Waals surface area contributed by atoms with Gasteiger partial charge in [0.2, 0.25) is 11.8 Å². The normalized spacial score (nSPS) is 16.2. The largest absolute Gasteiger partial charge is 0.479 e. The monoisotopic (exact) mass is 834 g/mol. The number of nitrogens with zero attached hydrogens (tertiary/aromatic N) is 6. The van der Waals surface area contributed by atoms with Gasteiger partial charge in [0.05, 0.1) is 47.5 Å². The van der Waals surface area contributed by atoms with E-state index in [4.69, 9.17) is 72.1 Å². The SMILES string of the molecule is CCOC(=O)c1nc(-c2cccc(Cl)c2Cl)c(OC)nc1N1CCC(C)(N)CC1.COc1nc(N2CCC(C)(N)CC2)c(CO)nc1-c1cccc(Cl)c1Cl. The summed E-state index contributed by atoms with van der Waals surface area (Å²) in [5.41, 5.74) is 14.5. The smallest absolute Gasteiger partial charge is 0.360 e. The molecule has 55 heavy (non-hydrogen) atoms. The van der Waals surface area contributed by atoms with Crippen molar-refractivity contribution >= 4 is 64.0 Å². The van der Waals surface area contributed by atoms with Crippen LogP contribution < -0.4 is 30.7 Å². The number of nitrogens with two attached hydrogens (primary N) is 2. The second-order valence-electron chi connectivity index (χ2n) is 14.0. The van der Waals surface area contributed by atoms with Gasteiger partial charge in [0.1, 0.15) is 17.1 Å². The summed E-state index contributed by atoms with van der Waals surface area (Å²) in [6.45, 7) is 8.58. The molecule has 0 bridgehead atoms. The molecule has 5 N–H and O–H groups in total. The molecule has 0 radical (unpaired) electrons. The lowest BCUT2D eigenvalue weighted by Crippen LogP contribution is -2.48. The Morgan fingerprint density at radius 2 is 1.18 bits per heavy atom. The number of benzene rings is 2. The second-order valence-corrected chi connectivity index (χ2v) is 15.5. The molecule has 2 aromatic heterocycles. The number of halogens is 4. The van der Waals surface area contributed by atoms with Crippen molar-refractivity contribution in [2.45, 2.75) is 64.1 Å². The number of aliphatic hydroxyl groups excluding tert-OH is 1. The van der Waals surface area contributed by atoms with Crippen molar-refractivity contribution in [1.82, 2.24) is 19.9 Å². The van der Waals surface area contributed by atoms with Crippen LogP contribution in [0.15, 0.2) is 36.4 Å². The average molecular weight is 837 g/mol. The standard InChI is InChI=1S/C20H24Cl2N4O3.C18H22Cl2N4O2/c1-4-29-19(27)16-17(26-10-8-20(2,23)9-11-26)25-18(28-3)15(24-16)12-6-5-7-13(21)14(12)22;1-18(21)6-8-24(9-7-18)16-13(10-25)22-15(17(23-16)26-2)11-4-3-5-12(19)14(11)20/h5-7H,4,8-11,23H2,1-3H3;3-5,25H,6-10,21H2,1-2H3. The zero-order chi connectivity index (χ0) is 40.1. The maximum absolute atomic E-state index is 12.7. The van der Waals surface area contributed by atoms with Crippen LogP contribution >= 0.6 is 46.4 Å². The van der Waals surface area contributed by atoms with Crippen LogP contribution in [0, 0.1) is 0 Å². The van der Waals surface area contributed by atoms with Gasteiger partial charge in [0, 0.05) is 48.4 Å². The highest BCUT2D eigenvalue weighted by Gasteiger charge is 2.32. The number of carbonyl (C=O) groups is 1. The van der Waals surface area contributed by atoms with Gasteiger partial charge in [-0.25, -0.2) is 14.8 Å². The fourth-order valence-corrected chi connectivity index (χ4v) is 7.02. The number of ether oxygens (including phenoxy) is 3. The van der Waals surface area contributed by atoms with E-state index in [1.54, 1.807) is 43.3 Å². The maximum atomic E-state index is 12.7. The quantitative estimate of drug-likeness (QED) is 0.144. The molecule has 2 aliphatic rings. The minimum Gasteiger partial charge on any atom is -0.479 e. The van der Waals surface area contributed by atoms with Crippen molar-refractivity contribution in [2.24, 2.45) is 11.5 Å². The Bertz CT molecular complexity index is 2000. The van der Waals surface area contributed by atoms with Crippen LogP contribution in [0.1, 0.15) is 62.6 Å². The number of hydrogen-bond acceptors (Lipinski definition) is 13. The number of piperidine rings is 2. The fraction of sp³-hybridized carbons (Fsp3) is 0.447. The number of rotatable bonds is 9. The molecule has 2 saturated heterocycles. The third kappa shape index (κ3) is 9.83. The number of aromatic nitrogens is 4. The van der Waals surface area contributed by atoms with Crippen LogP contribution in [0.4, 0.5) is 11.6 Å². The van der Waals surface area contributed by atoms with E-state index in [1.165, 1.54) is 14.2 Å². The number of anilines is 2. The first-order valence-electron chi connectivity index (χ1n) is 17.8.